The van der Waals surface area contributed by atoms with E-state index in [9.17, 15) is 0 Å². The third-order valence-corrected chi connectivity index (χ3v) is 1.34. The predicted molar refractivity (Wildman–Crippen MR) is 58.0 cm³/mol. The van der Waals surface area contributed by atoms with Crippen LogP contribution in [0.3, 0.4) is 0 Å². The number of hydrogen-bond donors (Lipinski definition) is 2. The zero-order chi connectivity index (χ0) is 10.1. The van der Waals surface area contributed by atoms with Crippen LogP contribution in [0.4, 0.5) is 0 Å². The van der Waals surface area contributed by atoms with Gasteiger partial charge < -0.3 is 5.43 Å². The number of nitrogens with zero attached hydrogens (tertiary/aromatic N) is 2. The molecule has 0 aromatic carbocycles. The highest BCUT2D eigenvalue weighted by atomic mass is 15.3. The molecule has 0 atom stereocenters. The zero-order valence-corrected chi connectivity index (χ0v) is 8.33. The Bertz CT molecular complexity index is 238. The Kier molecular flexibility index (Phi) is 6.45. The van der Waals surface area contributed by atoms with Crippen molar-refractivity contribution in [3.05, 3.63) is 24.4 Å². The maximum absolute atomic E-state index is 4.08. The van der Waals surface area contributed by atoms with Crippen LogP contribution in [0, 0.1) is 0 Å². The maximum Gasteiger partial charge on any atom is 0.119 e. The van der Waals surface area contributed by atoms with Gasteiger partial charge in [-0.15, -0.1) is 0 Å². The van der Waals surface area contributed by atoms with E-state index in [4.69, 9.17) is 0 Å². The molecule has 0 saturated heterocycles. The fourth-order valence-corrected chi connectivity index (χ4v) is 0.530. The molecule has 4 heteroatoms. The van der Waals surface area contributed by atoms with Crippen LogP contribution >= 0.6 is 0 Å². The molecular weight excluding hydrogens is 164 g/mol. The van der Waals surface area contributed by atoms with Gasteiger partial charge in [-0.3, -0.25) is 4.99 Å². The highest BCUT2D eigenvalue weighted by molar-refractivity contribution is 5.94. The lowest BCUT2D eigenvalue weighted by Gasteiger charge is -1.96. The molecule has 72 valence electrons. The van der Waals surface area contributed by atoms with Gasteiger partial charge in [-0.25, -0.2) is 10.4 Å². The molecule has 0 aliphatic carbocycles. The van der Waals surface area contributed by atoms with E-state index in [0.717, 1.165) is 11.4 Å². The topological polar surface area (TPSA) is 48.8 Å². The molecule has 0 aromatic heterocycles. The summed E-state index contributed by atoms with van der Waals surface area (Å²) in [5, 5.41) is 0. The van der Waals surface area contributed by atoms with E-state index in [1.165, 1.54) is 0 Å². The van der Waals surface area contributed by atoms with Crippen molar-refractivity contribution < 1.29 is 0 Å². The number of rotatable bonds is 4. The van der Waals surface area contributed by atoms with E-state index in [-0.39, 0.29) is 0 Å². The first-order valence-electron chi connectivity index (χ1n) is 3.97. The lowest BCUT2D eigenvalue weighted by molar-refractivity contribution is 0.729. The van der Waals surface area contributed by atoms with Crippen LogP contribution < -0.4 is 10.9 Å². The second-order valence-corrected chi connectivity index (χ2v) is 2.27. The molecule has 0 aromatic rings. The molecule has 0 unspecified atom stereocenters. The highest BCUT2D eigenvalue weighted by Crippen LogP contribution is 1.89. The Morgan fingerprint density at radius 3 is 2.62 bits per heavy atom. The molecule has 0 amide bonds. The average Bonchev–Trinajstić information content (AvgIpc) is 2.17. The summed E-state index contributed by atoms with van der Waals surface area (Å²) in [6.07, 6.45) is 5.16. The monoisotopic (exact) mass is 180 g/mol. The van der Waals surface area contributed by atoms with Crippen molar-refractivity contribution in [2.75, 3.05) is 14.1 Å². The molecule has 0 spiro atoms. The Balaban J connectivity index is 4.28. The first-order valence-corrected chi connectivity index (χ1v) is 3.97. The number of amidine groups is 1. The van der Waals surface area contributed by atoms with E-state index in [2.05, 4.69) is 27.4 Å². The van der Waals surface area contributed by atoms with Gasteiger partial charge >= 0.3 is 0 Å². The minimum Gasteiger partial charge on any atom is -0.328 e. The van der Waals surface area contributed by atoms with Crippen LogP contribution in [-0.2, 0) is 0 Å². The molecule has 0 rings (SSSR count). The van der Waals surface area contributed by atoms with Crippen LogP contribution in [0.2, 0.25) is 0 Å². The molecule has 0 radical (unpaired) electrons. The smallest absolute Gasteiger partial charge is 0.119 e. The first-order chi connectivity index (χ1) is 6.24. The summed E-state index contributed by atoms with van der Waals surface area (Å²) in [5.41, 5.74) is 6.48. The third-order valence-electron chi connectivity index (χ3n) is 1.34. The third kappa shape index (κ3) is 5.81. The highest BCUT2D eigenvalue weighted by Gasteiger charge is 1.85. The van der Waals surface area contributed by atoms with Crippen molar-refractivity contribution in [3.8, 4) is 0 Å². The van der Waals surface area contributed by atoms with Crippen molar-refractivity contribution in [1.82, 2.24) is 10.9 Å². The Morgan fingerprint density at radius 1 is 1.46 bits per heavy atom. The predicted octanol–water partition coefficient (Wildman–Crippen LogP) is 0.899. The Morgan fingerprint density at radius 2 is 2.15 bits per heavy atom. The summed E-state index contributed by atoms with van der Waals surface area (Å²) in [5.74, 6) is 0.734. The van der Waals surface area contributed by atoms with Gasteiger partial charge in [0, 0.05) is 32.1 Å². The summed E-state index contributed by atoms with van der Waals surface area (Å²) in [6.45, 7) is 5.49. The van der Waals surface area contributed by atoms with Gasteiger partial charge in [0.25, 0.3) is 0 Å². The first kappa shape index (κ1) is 11.6. The minimum absolute atomic E-state index is 0.734. The molecule has 0 bridgehead atoms. The SMILES string of the molecule is C=CC(C=NC(C)=NC)=CNNC. The molecule has 13 heavy (non-hydrogen) atoms. The normalized spacial score (nSPS) is 13.5. The summed E-state index contributed by atoms with van der Waals surface area (Å²) in [6, 6.07) is 0. The second kappa shape index (κ2) is 7.24. The number of hydrogen-bond acceptors (Lipinski definition) is 3. The van der Waals surface area contributed by atoms with Crippen molar-refractivity contribution in [2.24, 2.45) is 9.98 Å². The van der Waals surface area contributed by atoms with Gasteiger partial charge in [0.15, 0.2) is 0 Å². The van der Waals surface area contributed by atoms with Crippen LogP contribution in [0.1, 0.15) is 6.92 Å². The van der Waals surface area contributed by atoms with E-state index in [0.29, 0.717) is 0 Å². The van der Waals surface area contributed by atoms with Crippen molar-refractivity contribution in [1.29, 1.82) is 0 Å². The molecule has 0 saturated carbocycles. The lowest BCUT2D eigenvalue weighted by atomic mass is 10.3. The van der Waals surface area contributed by atoms with Gasteiger partial charge in [0.05, 0.1) is 0 Å². The van der Waals surface area contributed by atoms with Crippen molar-refractivity contribution in [2.45, 2.75) is 6.92 Å². The van der Waals surface area contributed by atoms with Crippen LogP contribution in [0.5, 0.6) is 0 Å². The summed E-state index contributed by atoms with van der Waals surface area (Å²) in [4.78, 5) is 7.98. The average molecular weight is 180 g/mol. The number of allylic oxidation sites excluding steroid dienone is 2. The standard InChI is InChI=1S/C9H16N4/c1-5-9(7-13-11-4)6-12-8(2)10-3/h5-7,11,13H,1H2,2-4H3. The van der Waals surface area contributed by atoms with Gasteiger partial charge in [0.1, 0.15) is 5.84 Å². The molecular formula is C9H16N4. The van der Waals surface area contributed by atoms with E-state index < -0.39 is 0 Å². The maximum atomic E-state index is 4.08. The summed E-state index contributed by atoms with van der Waals surface area (Å²) >= 11 is 0. The van der Waals surface area contributed by atoms with Crippen LogP contribution in [0.15, 0.2) is 34.4 Å². The lowest BCUT2D eigenvalue weighted by Crippen LogP contribution is -2.21. The van der Waals surface area contributed by atoms with Crippen molar-refractivity contribution in [3.63, 3.8) is 0 Å². The molecule has 0 aliphatic rings. The van der Waals surface area contributed by atoms with E-state index >= 15 is 0 Å². The van der Waals surface area contributed by atoms with E-state index in [1.54, 1.807) is 32.6 Å². The fourth-order valence-electron chi connectivity index (χ4n) is 0.530. The van der Waals surface area contributed by atoms with Gasteiger partial charge in [0.2, 0.25) is 0 Å². The summed E-state index contributed by atoms with van der Waals surface area (Å²) < 4.78 is 0. The largest absolute Gasteiger partial charge is 0.328 e. The number of aliphatic imine (C=N–C) groups is 2. The number of nitrogens with one attached hydrogen (secondary N) is 2. The Labute approximate surface area is 79.1 Å². The molecule has 2 N–H and O–H groups in total. The number of hydrazine groups is 1. The second-order valence-electron chi connectivity index (χ2n) is 2.27. The van der Waals surface area contributed by atoms with Crippen LogP contribution in [0.25, 0.3) is 0 Å². The zero-order valence-electron chi connectivity index (χ0n) is 8.33. The van der Waals surface area contributed by atoms with Crippen LogP contribution in [-0.4, -0.2) is 26.1 Å². The summed E-state index contributed by atoms with van der Waals surface area (Å²) in [7, 11) is 3.49. The molecule has 0 aliphatic heterocycles. The van der Waals surface area contributed by atoms with Gasteiger partial charge in [-0.2, -0.15) is 0 Å². The quantitative estimate of drug-likeness (QED) is 0.292. The van der Waals surface area contributed by atoms with Gasteiger partial charge in [-0.05, 0) is 6.92 Å². The van der Waals surface area contributed by atoms with E-state index in [1.807, 2.05) is 6.92 Å². The molecule has 4 nitrogen and oxygen atoms in total. The fraction of sp³-hybridized carbons (Fsp3) is 0.333. The Hall–Kier alpha value is -1.42. The van der Waals surface area contributed by atoms with Crippen molar-refractivity contribution >= 4 is 12.1 Å². The molecule has 0 fully saturated rings. The van der Waals surface area contributed by atoms with Gasteiger partial charge in [-0.1, -0.05) is 12.7 Å². The molecule has 0 heterocycles. The minimum atomic E-state index is 0.734.